The Morgan fingerprint density at radius 1 is 1.50 bits per heavy atom. The predicted molar refractivity (Wildman–Crippen MR) is 52.9 cm³/mol. The zero-order chi connectivity index (χ0) is 10.6. The topological polar surface area (TPSA) is 73.1 Å². The van der Waals surface area contributed by atoms with Gasteiger partial charge in [-0.15, -0.1) is 11.8 Å². The second-order valence-corrected chi connectivity index (χ2v) is 5.38. The number of nitrogens with two attached hydrogens (primary N) is 1. The van der Waals surface area contributed by atoms with Crippen LogP contribution >= 0.6 is 11.8 Å². The second-order valence-electron chi connectivity index (χ2n) is 2.53. The van der Waals surface area contributed by atoms with Crippen LogP contribution in [0, 0.1) is 5.82 Å². The summed E-state index contributed by atoms with van der Waals surface area (Å²) in [5, 5.41) is 5.38. The zero-order valence-corrected chi connectivity index (χ0v) is 8.81. The Morgan fingerprint density at radius 2 is 2.21 bits per heavy atom. The Balaban J connectivity index is 2.43. The number of rotatable bonds is 4. The van der Waals surface area contributed by atoms with E-state index in [1.165, 1.54) is 23.9 Å². The zero-order valence-electron chi connectivity index (χ0n) is 7.18. The van der Waals surface area contributed by atoms with Gasteiger partial charge in [-0.25, -0.2) is 22.9 Å². The normalized spacial score (nSPS) is 11.6. The third-order valence-corrected chi connectivity index (χ3v) is 3.30. The van der Waals surface area contributed by atoms with Crippen LogP contribution in [0.4, 0.5) is 4.39 Å². The van der Waals surface area contributed by atoms with Crippen molar-refractivity contribution in [1.82, 2.24) is 4.98 Å². The van der Waals surface area contributed by atoms with Crippen LogP contribution in [-0.4, -0.2) is 24.9 Å². The lowest BCUT2D eigenvalue weighted by Gasteiger charge is -1.98. The fraction of sp³-hybridized carbons (Fsp3) is 0.286. The molecule has 2 N–H and O–H groups in total. The summed E-state index contributed by atoms with van der Waals surface area (Å²) >= 11 is 1.22. The van der Waals surface area contributed by atoms with E-state index in [0.717, 1.165) is 6.20 Å². The number of aromatic nitrogens is 1. The number of hydrogen-bond donors (Lipinski definition) is 1. The molecule has 0 bridgehead atoms. The van der Waals surface area contributed by atoms with Gasteiger partial charge in [-0.1, -0.05) is 0 Å². The summed E-state index contributed by atoms with van der Waals surface area (Å²) in [4.78, 5) is 3.75. The Labute approximate surface area is 85.8 Å². The summed E-state index contributed by atoms with van der Waals surface area (Å²) in [5.41, 5.74) is 0. The van der Waals surface area contributed by atoms with Gasteiger partial charge in [0.1, 0.15) is 5.82 Å². The molecule has 78 valence electrons. The standard InChI is InChI=1S/C7H9FN2O2S2/c8-6-1-2-7(10-5-6)13-3-4-14(9,11)12/h1-2,5H,3-4H2,(H2,9,11,12). The number of nitrogens with zero attached hydrogens (tertiary/aromatic N) is 1. The van der Waals surface area contributed by atoms with Crippen molar-refractivity contribution < 1.29 is 12.8 Å². The molecule has 1 aromatic heterocycles. The van der Waals surface area contributed by atoms with Gasteiger partial charge in [-0.3, -0.25) is 0 Å². The van der Waals surface area contributed by atoms with E-state index < -0.39 is 15.8 Å². The van der Waals surface area contributed by atoms with Crippen molar-refractivity contribution in [3.05, 3.63) is 24.1 Å². The lowest BCUT2D eigenvalue weighted by Crippen LogP contribution is -2.17. The number of thioether (sulfide) groups is 1. The van der Waals surface area contributed by atoms with Crippen molar-refractivity contribution in [3.8, 4) is 0 Å². The lowest BCUT2D eigenvalue weighted by atomic mass is 10.5. The SMILES string of the molecule is NS(=O)(=O)CCSc1ccc(F)cn1. The minimum atomic E-state index is -3.43. The quantitative estimate of drug-likeness (QED) is 0.777. The van der Waals surface area contributed by atoms with E-state index in [9.17, 15) is 12.8 Å². The maximum absolute atomic E-state index is 12.4. The molecular weight excluding hydrogens is 227 g/mol. The van der Waals surface area contributed by atoms with E-state index >= 15 is 0 Å². The summed E-state index contributed by atoms with van der Waals surface area (Å²) in [6.45, 7) is 0. The van der Waals surface area contributed by atoms with Gasteiger partial charge in [0.2, 0.25) is 10.0 Å². The molecule has 0 aliphatic carbocycles. The van der Waals surface area contributed by atoms with E-state index in [1.54, 1.807) is 0 Å². The first-order valence-corrected chi connectivity index (χ1v) is 6.42. The van der Waals surface area contributed by atoms with Gasteiger partial charge in [0.25, 0.3) is 0 Å². The molecule has 0 amide bonds. The Kier molecular flexibility index (Phi) is 3.85. The second kappa shape index (κ2) is 4.72. The van der Waals surface area contributed by atoms with Crippen molar-refractivity contribution >= 4 is 21.8 Å². The number of hydrogen-bond acceptors (Lipinski definition) is 4. The number of primary sulfonamides is 1. The summed E-state index contributed by atoms with van der Waals surface area (Å²) in [7, 11) is -3.43. The molecule has 0 aliphatic heterocycles. The summed E-state index contributed by atoms with van der Waals surface area (Å²) in [5.74, 6) is -0.213. The Bertz CT molecular complexity index is 391. The molecule has 1 rings (SSSR count). The number of sulfonamides is 1. The van der Waals surface area contributed by atoms with Crippen LogP contribution < -0.4 is 5.14 Å². The Morgan fingerprint density at radius 3 is 2.71 bits per heavy atom. The molecule has 1 heterocycles. The number of pyridine rings is 1. The van der Waals surface area contributed by atoms with Crippen LogP contribution in [0.5, 0.6) is 0 Å². The smallest absolute Gasteiger partial charge is 0.209 e. The summed E-state index contributed by atoms with van der Waals surface area (Å²) < 4.78 is 33.5. The van der Waals surface area contributed by atoms with Crippen molar-refractivity contribution in [3.63, 3.8) is 0 Å². The highest BCUT2D eigenvalue weighted by atomic mass is 32.2. The van der Waals surface area contributed by atoms with E-state index in [-0.39, 0.29) is 5.75 Å². The maximum atomic E-state index is 12.4. The fourth-order valence-corrected chi connectivity index (χ4v) is 2.47. The molecule has 14 heavy (non-hydrogen) atoms. The van der Waals surface area contributed by atoms with E-state index in [0.29, 0.717) is 10.8 Å². The van der Waals surface area contributed by atoms with Crippen LogP contribution in [-0.2, 0) is 10.0 Å². The van der Waals surface area contributed by atoms with E-state index in [4.69, 9.17) is 5.14 Å². The molecule has 0 saturated carbocycles. The highest BCUT2D eigenvalue weighted by Gasteiger charge is 2.03. The predicted octanol–water partition coefficient (Wildman–Crippen LogP) is 0.601. The van der Waals surface area contributed by atoms with Gasteiger partial charge in [-0.2, -0.15) is 0 Å². The van der Waals surface area contributed by atoms with E-state index in [1.807, 2.05) is 0 Å². The van der Waals surface area contributed by atoms with Crippen LogP contribution in [0.2, 0.25) is 0 Å². The average Bonchev–Trinajstić information content (AvgIpc) is 2.06. The minimum Gasteiger partial charge on any atom is -0.247 e. The van der Waals surface area contributed by atoms with Crippen LogP contribution in [0.3, 0.4) is 0 Å². The maximum Gasteiger partial charge on any atom is 0.209 e. The third-order valence-electron chi connectivity index (χ3n) is 1.32. The van der Waals surface area contributed by atoms with Gasteiger partial charge in [0.15, 0.2) is 0 Å². The minimum absolute atomic E-state index is 0.114. The fourth-order valence-electron chi connectivity index (χ4n) is 0.710. The molecule has 0 fully saturated rings. The van der Waals surface area contributed by atoms with Crippen molar-refractivity contribution in [2.75, 3.05) is 11.5 Å². The first-order valence-electron chi connectivity index (χ1n) is 3.72. The highest BCUT2D eigenvalue weighted by Crippen LogP contribution is 2.14. The lowest BCUT2D eigenvalue weighted by molar-refractivity contribution is 0.599. The summed E-state index contributed by atoms with van der Waals surface area (Å²) in [6, 6.07) is 2.76. The average molecular weight is 236 g/mol. The molecule has 0 aliphatic rings. The van der Waals surface area contributed by atoms with E-state index in [2.05, 4.69) is 4.98 Å². The molecule has 0 aromatic carbocycles. The monoisotopic (exact) mass is 236 g/mol. The van der Waals surface area contributed by atoms with Crippen molar-refractivity contribution in [2.24, 2.45) is 5.14 Å². The molecule has 0 atom stereocenters. The largest absolute Gasteiger partial charge is 0.247 e. The molecular formula is C7H9FN2O2S2. The third kappa shape index (κ3) is 4.54. The molecule has 0 unspecified atom stereocenters. The van der Waals surface area contributed by atoms with Gasteiger partial charge in [-0.05, 0) is 12.1 Å². The van der Waals surface area contributed by atoms with Gasteiger partial charge < -0.3 is 0 Å². The highest BCUT2D eigenvalue weighted by molar-refractivity contribution is 8.00. The molecule has 7 heteroatoms. The van der Waals surface area contributed by atoms with Crippen molar-refractivity contribution in [2.45, 2.75) is 5.03 Å². The number of halogens is 1. The summed E-state index contributed by atoms with van der Waals surface area (Å²) in [6.07, 6.45) is 1.08. The van der Waals surface area contributed by atoms with Gasteiger partial charge in [0.05, 0.1) is 17.0 Å². The van der Waals surface area contributed by atoms with Gasteiger partial charge in [0, 0.05) is 5.75 Å². The first kappa shape index (κ1) is 11.4. The molecule has 0 spiro atoms. The molecule has 4 nitrogen and oxygen atoms in total. The van der Waals surface area contributed by atoms with Crippen molar-refractivity contribution in [1.29, 1.82) is 0 Å². The molecule has 0 saturated heterocycles. The first-order chi connectivity index (χ1) is 6.47. The van der Waals surface area contributed by atoms with Crippen LogP contribution in [0.1, 0.15) is 0 Å². The van der Waals surface area contributed by atoms with Gasteiger partial charge >= 0.3 is 0 Å². The van der Waals surface area contributed by atoms with Crippen LogP contribution in [0.25, 0.3) is 0 Å². The Hall–Kier alpha value is -0.660. The molecule has 1 aromatic rings. The van der Waals surface area contributed by atoms with Crippen LogP contribution in [0.15, 0.2) is 23.4 Å². The molecule has 0 radical (unpaired) electrons.